The molecule has 6 heteroatoms. The molecule has 1 N–H and O–H groups in total. The van der Waals surface area contributed by atoms with Crippen molar-refractivity contribution in [2.24, 2.45) is 0 Å². The number of nitrogens with zero attached hydrogens (tertiary/aromatic N) is 1. The zero-order valence-electron chi connectivity index (χ0n) is 15.8. The molecule has 5 nitrogen and oxygen atoms in total. The van der Waals surface area contributed by atoms with Crippen molar-refractivity contribution in [1.29, 1.82) is 0 Å². The van der Waals surface area contributed by atoms with Gasteiger partial charge in [-0.05, 0) is 54.2 Å². The molecular weight excluding hydrogens is 312 g/mol. The van der Waals surface area contributed by atoms with Gasteiger partial charge in [0.1, 0.15) is 5.60 Å². The standard InChI is InChI=1S/C17H34N2O3S/c1-13(18-12-17(5,6)23-7)10-14-11-21-9-8-19(14)15(20)22-16(2,3)4/h13-14,18H,8-12H2,1-7H3. The molecule has 2 unspecified atom stereocenters. The number of morpholine rings is 1. The smallest absolute Gasteiger partial charge is 0.410 e. The summed E-state index contributed by atoms with van der Waals surface area (Å²) in [6.45, 7) is 15.0. The average molecular weight is 347 g/mol. The first-order valence-electron chi connectivity index (χ1n) is 8.40. The van der Waals surface area contributed by atoms with E-state index in [2.05, 4.69) is 32.3 Å². The number of nitrogens with one attached hydrogen (secondary N) is 1. The summed E-state index contributed by atoms with van der Waals surface area (Å²) in [5.41, 5.74) is -0.466. The third-order valence-electron chi connectivity index (χ3n) is 3.91. The van der Waals surface area contributed by atoms with Crippen LogP contribution in [0.1, 0.15) is 48.0 Å². The fraction of sp³-hybridized carbons (Fsp3) is 0.941. The van der Waals surface area contributed by atoms with Gasteiger partial charge in [-0.15, -0.1) is 0 Å². The van der Waals surface area contributed by atoms with Gasteiger partial charge in [0.15, 0.2) is 0 Å². The van der Waals surface area contributed by atoms with Gasteiger partial charge in [-0.1, -0.05) is 0 Å². The minimum atomic E-state index is -0.466. The van der Waals surface area contributed by atoms with Gasteiger partial charge in [-0.2, -0.15) is 11.8 Å². The predicted molar refractivity (Wildman–Crippen MR) is 97.2 cm³/mol. The Kier molecular flexibility index (Phi) is 7.68. The number of carbonyl (C=O) groups excluding carboxylic acids is 1. The Morgan fingerprint density at radius 2 is 2.04 bits per heavy atom. The Morgan fingerprint density at radius 1 is 1.39 bits per heavy atom. The number of thioether (sulfide) groups is 1. The summed E-state index contributed by atoms with van der Waals surface area (Å²) in [5.74, 6) is 0. The van der Waals surface area contributed by atoms with Crippen molar-refractivity contribution in [1.82, 2.24) is 10.2 Å². The number of carbonyl (C=O) groups is 1. The van der Waals surface area contributed by atoms with Crippen LogP contribution in [0.4, 0.5) is 4.79 Å². The van der Waals surface area contributed by atoms with Crippen LogP contribution in [0.3, 0.4) is 0 Å². The Morgan fingerprint density at radius 3 is 2.61 bits per heavy atom. The lowest BCUT2D eigenvalue weighted by atomic mass is 10.1. The summed E-state index contributed by atoms with van der Waals surface area (Å²) in [5, 5.41) is 3.57. The van der Waals surface area contributed by atoms with E-state index >= 15 is 0 Å². The highest BCUT2D eigenvalue weighted by atomic mass is 32.2. The summed E-state index contributed by atoms with van der Waals surface area (Å²) in [6, 6.07) is 0.386. The maximum Gasteiger partial charge on any atom is 0.410 e. The van der Waals surface area contributed by atoms with Crippen LogP contribution >= 0.6 is 11.8 Å². The third-order valence-corrected chi connectivity index (χ3v) is 5.16. The molecule has 1 saturated heterocycles. The van der Waals surface area contributed by atoms with E-state index in [1.807, 2.05) is 37.4 Å². The monoisotopic (exact) mass is 346 g/mol. The molecule has 0 saturated carbocycles. The van der Waals surface area contributed by atoms with E-state index in [0.717, 1.165) is 13.0 Å². The summed E-state index contributed by atoms with van der Waals surface area (Å²) in [6.07, 6.45) is 2.76. The molecule has 1 fully saturated rings. The Hall–Kier alpha value is -0.460. The van der Waals surface area contributed by atoms with Gasteiger partial charge in [0.05, 0.1) is 19.3 Å². The molecular formula is C17H34N2O3S. The SMILES string of the molecule is CSC(C)(C)CNC(C)CC1COCCN1C(=O)OC(C)(C)C. The quantitative estimate of drug-likeness (QED) is 0.801. The van der Waals surface area contributed by atoms with E-state index in [1.165, 1.54) is 0 Å². The number of amides is 1. The number of rotatable bonds is 6. The van der Waals surface area contributed by atoms with Crippen molar-refractivity contribution in [3.63, 3.8) is 0 Å². The Balaban J connectivity index is 2.56. The summed E-state index contributed by atoms with van der Waals surface area (Å²) >= 11 is 1.86. The first kappa shape index (κ1) is 20.6. The summed E-state index contributed by atoms with van der Waals surface area (Å²) in [7, 11) is 0. The van der Waals surface area contributed by atoms with Gasteiger partial charge in [0.25, 0.3) is 0 Å². The van der Waals surface area contributed by atoms with Gasteiger partial charge < -0.3 is 19.7 Å². The maximum atomic E-state index is 12.4. The average Bonchev–Trinajstić information content (AvgIpc) is 2.44. The zero-order chi connectivity index (χ0) is 17.7. The van der Waals surface area contributed by atoms with Crippen molar-refractivity contribution < 1.29 is 14.3 Å². The van der Waals surface area contributed by atoms with E-state index in [-0.39, 0.29) is 16.9 Å². The number of ether oxygens (including phenoxy) is 2. The molecule has 1 aliphatic rings. The zero-order valence-corrected chi connectivity index (χ0v) is 16.6. The topological polar surface area (TPSA) is 50.8 Å². The first-order valence-corrected chi connectivity index (χ1v) is 9.62. The molecule has 1 heterocycles. The van der Waals surface area contributed by atoms with Crippen LogP contribution < -0.4 is 5.32 Å². The molecule has 0 aromatic heterocycles. The fourth-order valence-corrected chi connectivity index (χ4v) is 2.62. The van der Waals surface area contributed by atoms with Crippen molar-refractivity contribution >= 4 is 17.9 Å². The second-order valence-electron chi connectivity index (χ2n) is 7.88. The van der Waals surface area contributed by atoms with Crippen LogP contribution in [0, 0.1) is 0 Å². The predicted octanol–water partition coefficient (Wildman–Crippen LogP) is 3.13. The largest absolute Gasteiger partial charge is 0.444 e. The van der Waals surface area contributed by atoms with Crippen LogP contribution in [0.15, 0.2) is 0 Å². The third kappa shape index (κ3) is 7.77. The highest BCUT2D eigenvalue weighted by Crippen LogP contribution is 2.21. The molecule has 1 rings (SSSR count). The van der Waals surface area contributed by atoms with Crippen molar-refractivity contribution in [3.8, 4) is 0 Å². The maximum absolute atomic E-state index is 12.4. The number of hydrogen-bond donors (Lipinski definition) is 1. The first-order chi connectivity index (χ1) is 10.5. The Labute approximate surface area is 145 Å². The Bertz CT molecular complexity index is 383. The highest BCUT2D eigenvalue weighted by Gasteiger charge is 2.32. The van der Waals surface area contributed by atoms with Gasteiger partial charge in [0.2, 0.25) is 0 Å². The van der Waals surface area contributed by atoms with E-state index in [9.17, 15) is 4.79 Å². The van der Waals surface area contributed by atoms with Gasteiger partial charge in [-0.25, -0.2) is 4.79 Å². The molecule has 0 bridgehead atoms. The van der Waals surface area contributed by atoms with Crippen molar-refractivity contribution in [2.45, 2.75) is 70.4 Å². The van der Waals surface area contributed by atoms with Gasteiger partial charge >= 0.3 is 6.09 Å². The molecule has 1 aliphatic heterocycles. The molecule has 0 radical (unpaired) electrons. The van der Waals surface area contributed by atoms with Crippen LogP contribution in [0.25, 0.3) is 0 Å². The fourth-order valence-electron chi connectivity index (χ4n) is 2.39. The minimum absolute atomic E-state index is 0.0680. The second-order valence-corrected chi connectivity index (χ2v) is 9.40. The molecule has 1 amide bonds. The molecule has 136 valence electrons. The highest BCUT2D eigenvalue weighted by molar-refractivity contribution is 7.99. The van der Waals surface area contributed by atoms with E-state index in [1.54, 1.807) is 0 Å². The van der Waals surface area contributed by atoms with Crippen LogP contribution in [0.5, 0.6) is 0 Å². The number of hydrogen-bond acceptors (Lipinski definition) is 5. The molecule has 0 aromatic carbocycles. The van der Waals surface area contributed by atoms with E-state index in [4.69, 9.17) is 9.47 Å². The van der Waals surface area contributed by atoms with Crippen LogP contribution in [-0.4, -0.2) is 66.0 Å². The second kappa shape index (κ2) is 8.58. The molecule has 0 aromatic rings. The summed E-state index contributed by atoms with van der Waals surface area (Å²) < 4.78 is 11.3. The van der Waals surface area contributed by atoms with Crippen LogP contribution in [0.2, 0.25) is 0 Å². The van der Waals surface area contributed by atoms with Gasteiger partial charge in [0, 0.05) is 23.9 Å². The molecule has 0 spiro atoms. The van der Waals surface area contributed by atoms with Crippen LogP contribution in [-0.2, 0) is 9.47 Å². The molecule has 23 heavy (non-hydrogen) atoms. The summed E-state index contributed by atoms with van der Waals surface area (Å²) in [4.78, 5) is 14.2. The lowest BCUT2D eigenvalue weighted by Crippen LogP contribution is -2.52. The van der Waals surface area contributed by atoms with E-state index < -0.39 is 5.60 Å². The normalized spacial score (nSPS) is 21.2. The van der Waals surface area contributed by atoms with Crippen molar-refractivity contribution in [2.75, 3.05) is 32.6 Å². The lowest BCUT2D eigenvalue weighted by Gasteiger charge is -2.38. The van der Waals surface area contributed by atoms with Crippen molar-refractivity contribution in [3.05, 3.63) is 0 Å². The molecule has 2 atom stereocenters. The minimum Gasteiger partial charge on any atom is -0.444 e. The van der Waals surface area contributed by atoms with E-state index in [0.29, 0.717) is 25.8 Å². The molecule has 0 aliphatic carbocycles. The van der Waals surface area contributed by atoms with Gasteiger partial charge in [-0.3, -0.25) is 0 Å². The lowest BCUT2D eigenvalue weighted by molar-refractivity contribution is -0.0355.